The summed E-state index contributed by atoms with van der Waals surface area (Å²) in [5.41, 5.74) is 4.12. The van der Waals surface area contributed by atoms with Gasteiger partial charge < -0.3 is 9.73 Å². The van der Waals surface area contributed by atoms with Gasteiger partial charge in [-0.25, -0.2) is 0 Å². The van der Waals surface area contributed by atoms with Crippen LogP contribution in [0, 0.1) is 13.8 Å². The number of hydrogen-bond donors (Lipinski definition) is 1. The van der Waals surface area contributed by atoms with Crippen LogP contribution < -0.4 is 5.32 Å². The van der Waals surface area contributed by atoms with Crippen molar-refractivity contribution >= 4 is 32.8 Å². The molecule has 29 heavy (non-hydrogen) atoms. The molecule has 0 aliphatic carbocycles. The lowest BCUT2D eigenvalue weighted by Crippen LogP contribution is -2.40. The lowest BCUT2D eigenvalue weighted by Gasteiger charge is -2.35. The second-order valence-corrected chi connectivity index (χ2v) is 8.85. The van der Waals surface area contributed by atoms with Gasteiger partial charge >= 0.3 is 0 Å². The minimum Gasteiger partial charge on any atom is -0.451 e. The van der Waals surface area contributed by atoms with Crippen LogP contribution in [0.4, 0.5) is 0 Å². The number of carbonyl (C=O) groups is 1. The number of nitrogens with zero attached hydrogens (tertiary/aromatic N) is 1. The maximum absolute atomic E-state index is 13.0. The second kappa shape index (κ2) is 8.72. The van der Waals surface area contributed by atoms with Crippen LogP contribution in [0.15, 0.2) is 51.4 Å². The Balaban J connectivity index is 1.54. The fourth-order valence-corrected chi connectivity index (χ4v) is 4.50. The molecule has 1 aliphatic rings. The first kappa shape index (κ1) is 20.2. The molecule has 0 unspecified atom stereocenters. The molecule has 1 aliphatic heterocycles. The Morgan fingerprint density at radius 3 is 2.55 bits per heavy atom. The maximum atomic E-state index is 13.0. The molecule has 0 saturated carbocycles. The number of carbonyl (C=O) groups excluding carboxylic acids is 1. The van der Waals surface area contributed by atoms with E-state index < -0.39 is 0 Å². The summed E-state index contributed by atoms with van der Waals surface area (Å²) in [7, 11) is 0. The highest BCUT2D eigenvalue weighted by molar-refractivity contribution is 9.10. The molecule has 4 nitrogen and oxygen atoms in total. The minimum atomic E-state index is -0.149. The molecule has 2 heterocycles. The molecule has 3 aromatic rings. The maximum Gasteiger partial charge on any atom is 0.287 e. The van der Waals surface area contributed by atoms with E-state index in [1.165, 1.54) is 30.4 Å². The minimum absolute atomic E-state index is 0.149. The van der Waals surface area contributed by atoms with Gasteiger partial charge in [0.2, 0.25) is 0 Å². The molecule has 1 atom stereocenters. The fourth-order valence-electron chi connectivity index (χ4n) is 4.16. The van der Waals surface area contributed by atoms with Gasteiger partial charge in [-0.05, 0) is 63.5 Å². The van der Waals surface area contributed by atoms with E-state index in [0.29, 0.717) is 12.3 Å². The number of likely N-dealkylation sites (tertiary alicyclic amines) is 1. The number of piperidine rings is 1. The lowest BCUT2D eigenvalue weighted by molar-refractivity contribution is 0.0898. The summed E-state index contributed by atoms with van der Waals surface area (Å²) in [5, 5.41) is 4.12. The van der Waals surface area contributed by atoms with Crippen LogP contribution in [-0.2, 0) is 0 Å². The molecule has 1 N–H and O–H groups in total. The summed E-state index contributed by atoms with van der Waals surface area (Å²) in [6.07, 6.45) is 3.72. The molecule has 0 bridgehead atoms. The Morgan fingerprint density at radius 2 is 1.83 bits per heavy atom. The fraction of sp³-hybridized carbons (Fsp3) is 0.375. The first-order valence-electron chi connectivity index (χ1n) is 10.3. The zero-order chi connectivity index (χ0) is 20.4. The van der Waals surface area contributed by atoms with Crippen LogP contribution in [0.5, 0.6) is 0 Å². The second-order valence-electron chi connectivity index (χ2n) is 7.93. The zero-order valence-electron chi connectivity index (χ0n) is 17.0. The Hall–Kier alpha value is -2.11. The van der Waals surface area contributed by atoms with Gasteiger partial charge in [0.1, 0.15) is 5.58 Å². The van der Waals surface area contributed by atoms with Crippen molar-refractivity contribution in [2.75, 3.05) is 19.6 Å². The highest BCUT2D eigenvalue weighted by Crippen LogP contribution is 2.29. The lowest BCUT2D eigenvalue weighted by atomic mass is 10.0. The predicted molar refractivity (Wildman–Crippen MR) is 120 cm³/mol. The standard InChI is InChI=1S/C24H27BrN2O2/c1-16-6-8-18(9-7-16)21(27-12-4-3-5-13-27)15-26-24(28)23-17(2)20-11-10-19(25)14-22(20)29-23/h6-11,14,21H,3-5,12-13,15H2,1-2H3,(H,26,28)/t21-/m0/s1. The van der Waals surface area contributed by atoms with Crippen LogP contribution in [-0.4, -0.2) is 30.4 Å². The first-order valence-corrected chi connectivity index (χ1v) is 11.1. The number of fused-ring (bicyclic) bond motifs is 1. The first-order chi connectivity index (χ1) is 14.0. The van der Waals surface area contributed by atoms with Gasteiger partial charge in [0.05, 0.1) is 6.04 Å². The Labute approximate surface area is 180 Å². The van der Waals surface area contributed by atoms with Crippen molar-refractivity contribution in [3.05, 3.63) is 69.4 Å². The van der Waals surface area contributed by atoms with Gasteiger partial charge in [0.15, 0.2) is 5.76 Å². The number of furan rings is 1. The van der Waals surface area contributed by atoms with Gasteiger partial charge in [-0.3, -0.25) is 9.69 Å². The average Bonchev–Trinajstić information content (AvgIpc) is 3.06. The monoisotopic (exact) mass is 454 g/mol. The van der Waals surface area contributed by atoms with E-state index in [9.17, 15) is 4.79 Å². The van der Waals surface area contributed by atoms with Gasteiger partial charge in [0.25, 0.3) is 5.91 Å². The van der Waals surface area contributed by atoms with Crippen molar-refractivity contribution in [2.45, 2.75) is 39.2 Å². The van der Waals surface area contributed by atoms with Crippen LogP contribution in [0.3, 0.4) is 0 Å². The zero-order valence-corrected chi connectivity index (χ0v) is 18.6. The van der Waals surface area contributed by atoms with E-state index in [4.69, 9.17) is 4.42 Å². The van der Waals surface area contributed by atoms with Crippen molar-refractivity contribution in [1.29, 1.82) is 0 Å². The molecule has 0 radical (unpaired) electrons. The number of benzene rings is 2. The SMILES string of the molecule is Cc1ccc([C@H](CNC(=O)c2oc3cc(Br)ccc3c2C)N2CCCCC2)cc1. The van der Waals surface area contributed by atoms with Crippen molar-refractivity contribution in [1.82, 2.24) is 10.2 Å². The van der Waals surface area contributed by atoms with E-state index in [1.54, 1.807) is 0 Å². The quantitative estimate of drug-likeness (QED) is 0.532. The third kappa shape index (κ3) is 4.41. The van der Waals surface area contributed by atoms with Crippen molar-refractivity contribution in [3.63, 3.8) is 0 Å². The Kier molecular flexibility index (Phi) is 6.07. The van der Waals surface area contributed by atoms with Gasteiger partial charge in [0, 0.05) is 22.0 Å². The van der Waals surface area contributed by atoms with E-state index in [2.05, 4.69) is 57.3 Å². The number of halogens is 1. The Bertz CT molecular complexity index is 1000. The normalized spacial score (nSPS) is 16.1. The van der Waals surface area contributed by atoms with E-state index in [0.717, 1.165) is 34.1 Å². The van der Waals surface area contributed by atoms with Crippen LogP contribution in [0.2, 0.25) is 0 Å². The van der Waals surface area contributed by atoms with Gasteiger partial charge in [-0.15, -0.1) is 0 Å². The summed E-state index contributed by atoms with van der Waals surface area (Å²) in [6, 6.07) is 14.7. The van der Waals surface area contributed by atoms with Crippen molar-refractivity contribution < 1.29 is 9.21 Å². The summed E-state index contributed by atoms with van der Waals surface area (Å²) in [4.78, 5) is 15.5. The molecule has 0 spiro atoms. The Morgan fingerprint density at radius 1 is 1.10 bits per heavy atom. The van der Waals surface area contributed by atoms with Gasteiger partial charge in [-0.2, -0.15) is 0 Å². The van der Waals surface area contributed by atoms with Crippen LogP contribution in [0.25, 0.3) is 11.0 Å². The summed E-state index contributed by atoms with van der Waals surface area (Å²) < 4.78 is 6.83. The molecule has 4 rings (SSSR count). The largest absolute Gasteiger partial charge is 0.451 e. The predicted octanol–water partition coefficient (Wildman–Crippen LogP) is 5.77. The molecular weight excluding hydrogens is 428 g/mol. The summed E-state index contributed by atoms with van der Waals surface area (Å²) >= 11 is 3.46. The summed E-state index contributed by atoms with van der Waals surface area (Å²) in [5.74, 6) is 0.253. The average molecular weight is 455 g/mol. The topological polar surface area (TPSA) is 45.5 Å². The number of nitrogens with one attached hydrogen (secondary N) is 1. The van der Waals surface area contributed by atoms with Crippen molar-refractivity contribution in [2.24, 2.45) is 0 Å². The third-order valence-electron chi connectivity index (χ3n) is 5.86. The van der Waals surface area contributed by atoms with Crippen LogP contribution in [0.1, 0.15) is 52.5 Å². The molecular formula is C24H27BrN2O2. The molecule has 1 saturated heterocycles. The number of hydrogen-bond acceptors (Lipinski definition) is 3. The number of rotatable bonds is 5. The molecule has 152 valence electrons. The smallest absolute Gasteiger partial charge is 0.287 e. The van der Waals surface area contributed by atoms with Crippen LogP contribution >= 0.6 is 15.9 Å². The van der Waals surface area contributed by atoms with E-state index in [-0.39, 0.29) is 11.9 Å². The van der Waals surface area contributed by atoms with E-state index >= 15 is 0 Å². The molecule has 1 fully saturated rings. The number of aryl methyl sites for hydroxylation is 2. The summed E-state index contributed by atoms with van der Waals surface area (Å²) in [6.45, 7) is 6.77. The molecule has 5 heteroatoms. The molecule has 1 aromatic heterocycles. The van der Waals surface area contributed by atoms with Gasteiger partial charge in [-0.1, -0.05) is 52.2 Å². The molecule has 2 aromatic carbocycles. The highest BCUT2D eigenvalue weighted by Gasteiger charge is 2.24. The third-order valence-corrected chi connectivity index (χ3v) is 6.35. The van der Waals surface area contributed by atoms with Crippen molar-refractivity contribution in [3.8, 4) is 0 Å². The van der Waals surface area contributed by atoms with E-state index in [1.807, 2.05) is 25.1 Å². The highest BCUT2D eigenvalue weighted by atomic mass is 79.9. The molecule has 1 amide bonds. The number of amides is 1.